The van der Waals surface area contributed by atoms with Crippen LogP contribution in [0, 0.1) is 19.8 Å². The lowest BCUT2D eigenvalue weighted by Gasteiger charge is -2.32. The molecule has 8 heteroatoms. The summed E-state index contributed by atoms with van der Waals surface area (Å²) in [7, 11) is 0. The monoisotopic (exact) mass is 484 g/mol. The van der Waals surface area contributed by atoms with Gasteiger partial charge in [0.15, 0.2) is 5.82 Å². The standard InChI is InChI=1S/C28H32N6O2/c1-4-36-24-15-9-8-11-21(24)17-29-28(35)22-12-10-16-33(18-22)27-26-25(19(2)30-31-27)20(3)34(32-26)23-13-6-5-7-14-23/h5-9,11,13-15,22H,4,10,12,16-18H2,1-3H3,(H,29,35)/t22-/m0/s1. The van der Waals surface area contributed by atoms with Crippen LogP contribution in [0.2, 0.25) is 0 Å². The average molecular weight is 485 g/mol. The van der Waals surface area contributed by atoms with Gasteiger partial charge < -0.3 is 15.0 Å². The van der Waals surface area contributed by atoms with E-state index in [0.717, 1.165) is 64.5 Å². The van der Waals surface area contributed by atoms with E-state index in [1.807, 2.05) is 73.1 Å². The number of hydrogen-bond acceptors (Lipinski definition) is 6. The molecule has 4 aromatic rings. The van der Waals surface area contributed by atoms with E-state index in [1.54, 1.807) is 0 Å². The fourth-order valence-corrected chi connectivity index (χ4v) is 5.00. The van der Waals surface area contributed by atoms with Crippen molar-refractivity contribution in [2.75, 3.05) is 24.6 Å². The van der Waals surface area contributed by atoms with Gasteiger partial charge in [-0.05, 0) is 51.8 Å². The topological polar surface area (TPSA) is 85.2 Å². The van der Waals surface area contributed by atoms with E-state index in [-0.39, 0.29) is 11.8 Å². The number of piperidine rings is 1. The third-order valence-electron chi connectivity index (χ3n) is 6.80. The molecule has 1 aliphatic heterocycles. The summed E-state index contributed by atoms with van der Waals surface area (Å²) in [5.74, 6) is 1.47. The fraction of sp³-hybridized carbons (Fsp3) is 0.357. The van der Waals surface area contributed by atoms with Crippen LogP contribution in [-0.4, -0.2) is 45.6 Å². The van der Waals surface area contributed by atoms with Gasteiger partial charge in [-0.25, -0.2) is 4.68 Å². The molecule has 0 bridgehead atoms. The van der Waals surface area contributed by atoms with Crippen LogP contribution in [0.3, 0.4) is 0 Å². The maximum Gasteiger partial charge on any atom is 0.225 e. The Hall–Kier alpha value is -3.94. The molecule has 186 valence electrons. The molecule has 1 fully saturated rings. The fourth-order valence-electron chi connectivity index (χ4n) is 5.00. The van der Waals surface area contributed by atoms with Crippen LogP contribution in [0.25, 0.3) is 16.6 Å². The minimum Gasteiger partial charge on any atom is -0.494 e. The second-order valence-electron chi connectivity index (χ2n) is 9.21. The van der Waals surface area contributed by atoms with E-state index in [1.165, 1.54) is 0 Å². The summed E-state index contributed by atoms with van der Waals surface area (Å²) < 4.78 is 7.65. The number of nitrogens with one attached hydrogen (secondary N) is 1. The molecule has 0 radical (unpaired) electrons. The van der Waals surface area contributed by atoms with Gasteiger partial charge in [0, 0.05) is 25.2 Å². The summed E-state index contributed by atoms with van der Waals surface area (Å²) in [5.41, 5.74) is 4.69. The van der Waals surface area contributed by atoms with Gasteiger partial charge in [0.05, 0.1) is 35.0 Å². The molecule has 3 heterocycles. The Morgan fingerprint density at radius 3 is 2.67 bits per heavy atom. The van der Waals surface area contributed by atoms with Crippen molar-refractivity contribution in [2.24, 2.45) is 5.92 Å². The maximum absolute atomic E-state index is 13.1. The van der Waals surface area contributed by atoms with Crippen molar-refractivity contribution >= 4 is 22.6 Å². The third kappa shape index (κ3) is 4.63. The highest BCUT2D eigenvalue weighted by molar-refractivity contribution is 5.92. The Labute approximate surface area is 211 Å². The first kappa shape index (κ1) is 23.8. The molecule has 0 unspecified atom stereocenters. The summed E-state index contributed by atoms with van der Waals surface area (Å²) in [5, 5.41) is 18.1. The molecule has 36 heavy (non-hydrogen) atoms. The molecule has 1 atom stereocenters. The van der Waals surface area contributed by atoms with Crippen molar-refractivity contribution in [1.29, 1.82) is 0 Å². The summed E-state index contributed by atoms with van der Waals surface area (Å²) in [4.78, 5) is 15.3. The number of para-hydroxylation sites is 2. The van der Waals surface area contributed by atoms with Crippen molar-refractivity contribution in [3.05, 3.63) is 71.5 Å². The SMILES string of the molecule is CCOc1ccccc1CNC(=O)[C@H]1CCCN(c2nnc(C)c3c(C)n(-c4ccccc4)nc23)C1. The highest BCUT2D eigenvalue weighted by atomic mass is 16.5. The van der Waals surface area contributed by atoms with Gasteiger partial charge in [-0.1, -0.05) is 36.4 Å². The van der Waals surface area contributed by atoms with E-state index in [2.05, 4.69) is 27.3 Å². The molecule has 1 amide bonds. The van der Waals surface area contributed by atoms with E-state index in [9.17, 15) is 4.79 Å². The predicted molar refractivity (Wildman–Crippen MR) is 141 cm³/mol. The van der Waals surface area contributed by atoms with E-state index >= 15 is 0 Å². The number of amides is 1. The minimum atomic E-state index is -0.131. The number of anilines is 1. The van der Waals surface area contributed by atoms with E-state index in [0.29, 0.717) is 19.7 Å². The van der Waals surface area contributed by atoms with Crippen molar-refractivity contribution in [3.8, 4) is 11.4 Å². The molecule has 2 aromatic carbocycles. The smallest absolute Gasteiger partial charge is 0.225 e. The normalized spacial score (nSPS) is 15.8. The first-order chi connectivity index (χ1) is 17.6. The highest BCUT2D eigenvalue weighted by Gasteiger charge is 2.29. The number of fused-ring (bicyclic) bond motifs is 1. The molecular weight excluding hydrogens is 452 g/mol. The number of nitrogens with zero attached hydrogens (tertiary/aromatic N) is 5. The van der Waals surface area contributed by atoms with Crippen LogP contribution >= 0.6 is 0 Å². The van der Waals surface area contributed by atoms with Crippen molar-refractivity contribution in [2.45, 2.75) is 40.2 Å². The van der Waals surface area contributed by atoms with Crippen molar-refractivity contribution < 1.29 is 9.53 Å². The molecule has 8 nitrogen and oxygen atoms in total. The first-order valence-electron chi connectivity index (χ1n) is 12.6. The Bertz CT molecular complexity index is 1370. The lowest BCUT2D eigenvalue weighted by Crippen LogP contribution is -2.43. The molecule has 1 N–H and O–H groups in total. The predicted octanol–water partition coefficient (Wildman–Crippen LogP) is 4.36. The van der Waals surface area contributed by atoms with Crippen molar-refractivity contribution in [1.82, 2.24) is 25.3 Å². The number of aromatic nitrogens is 4. The number of ether oxygens (including phenoxy) is 1. The molecule has 0 saturated carbocycles. The van der Waals surface area contributed by atoms with Crippen molar-refractivity contribution in [3.63, 3.8) is 0 Å². The number of carbonyl (C=O) groups is 1. The maximum atomic E-state index is 13.1. The summed E-state index contributed by atoms with van der Waals surface area (Å²) in [6.45, 7) is 8.43. The number of hydrogen-bond donors (Lipinski definition) is 1. The van der Waals surface area contributed by atoms with E-state index in [4.69, 9.17) is 9.84 Å². The summed E-state index contributed by atoms with van der Waals surface area (Å²) in [6.07, 6.45) is 1.75. The third-order valence-corrected chi connectivity index (χ3v) is 6.80. The van der Waals surface area contributed by atoms with Crippen LogP contribution in [0.5, 0.6) is 5.75 Å². The zero-order valence-corrected chi connectivity index (χ0v) is 21.1. The second kappa shape index (κ2) is 10.4. The Morgan fingerprint density at radius 1 is 1.08 bits per heavy atom. The Balaban J connectivity index is 1.36. The quantitative estimate of drug-likeness (QED) is 0.419. The van der Waals surface area contributed by atoms with Gasteiger partial charge >= 0.3 is 0 Å². The van der Waals surface area contributed by atoms with E-state index < -0.39 is 0 Å². The zero-order chi connectivity index (χ0) is 25.1. The Morgan fingerprint density at radius 2 is 1.86 bits per heavy atom. The minimum absolute atomic E-state index is 0.0494. The van der Waals surface area contributed by atoms with Crippen LogP contribution in [0.15, 0.2) is 54.6 Å². The molecule has 5 rings (SSSR count). The lowest BCUT2D eigenvalue weighted by molar-refractivity contribution is -0.125. The molecular formula is C28H32N6O2. The average Bonchev–Trinajstić information content (AvgIpc) is 3.27. The van der Waals surface area contributed by atoms with Crippen LogP contribution in [0.1, 0.15) is 36.7 Å². The molecule has 1 saturated heterocycles. The van der Waals surface area contributed by atoms with Crippen LogP contribution in [-0.2, 0) is 11.3 Å². The Kier molecular flexibility index (Phi) is 6.84. The van der Waals surface area contributed by atoms with Gasteiger partial charge in [0.2, 0.25) is 5.91 Å². The molecule has 0 aliphatic carbocycles. The largest absolute Gasteiger partial charge is 0.494 e. The molecule has 0 spiro atoms. The number of carbonyl (C=O) groups excluding carboxylic acids is 1. The molecule has 2 aromatic heterocycles. The number of benzene rings is 2. The van der Waals surface area contributed by atoms with Crippen LogP contribution < -0.4 is 15.0 Å². The summed E-state index contributed by atoms with van der Waals surface area (Å²) >= 11 is 0. The summed E-state index contributed by atoms with van der Waals surface area (Å²) in [6, 6.07) is 17.9. The zero-order valence-electron chi connectivity index (χ0n) is 21.1. The highest BCUT2D eigenvalue weighted by Crippen LogP contribution is 2.31. The van der Waals surface area contributed by atoms with Gasteiger partial charge in [0.25, 0.3) is 0 Å². The lowest BCUT2D eigenvalue weighted by atomic mass is 9.97. The molecule has 1 aliphatic rings. The van der Waals surface area contributed by atoms with Gasteiger partial charge in [-0.2, -0.15) is 10.2 Å². The number of aryl methyl sites for hydroxylation is 2. The van der Waals surface area contributed by atoms with Gasteiger partial charge in [0.1, 0.15) is 11.3 Å². The van der Waals surface area contributed by atoms with Gasteiger partial charge in [-0.15, -0.1) is 5.10 Å². The van der Waals surface area contributed by atoms with Gasteiger partial charge in [-0.3, -0.25) is 4.79 Å². The first-order valence-corrected chi connectivity index (χ1v) is 12.6. The second-order valence-corrected chi connectivity index (χ2v) is 9.21. The number of rotatable bonds is 7. The van der Waals surface area contributed by atoms with Crippen LogP contribution in [0.4, 0.5) is 5.82 Å².